The van der Waals surface area contributed by atoms with Gasteiger partial charge in [-0.1, -0.05) is 18.6 Å². The minimum Gasteiger partial charge on any atom is -0.288 e. The zero-order valence-corrected chi connectivity index (χ0v) is 14.1. The van der Waals surface area contributed by atoms with Crippen LogP contribution >= 0.6 is 11.3 Å². The van der Waals surface area contributed by atoms with Crippen LogP contribution in [0.3, 0.4) is 0 Å². The van der Waals surface area contributed by atoms with Crippen LogP contribution in [0, 0.1) is 6.92 Å². The van der Waals surface area contributed by atoms with Crippen molar-refractivity contribution in [2.24, 2.45) is 0 Å². The molecule has 0 amide bonds. The molecule has 3 aromatic rings. The summed E-state index contributed by atoms with van der Waals surface area (Å²) in [5.74, 6) is 0. The lowest BCUT2D eigenvalue weighted by Gasteiger charge is -2.34. The molecule has 4 nitrogen and oxygen atoms in total. The van der Waals surface area contributed by atoms with E-state index >= 15 is 0 Å². The summed E-state index contributed by atoms with van der Waals surface area (Å²) < 4.78 is 0. The van der Waals surface area contributed by atoms with Crippen LogP contribution in [0.2, 0.25) is 0 Å². The van der Waals surface area contributed by atoms with Crippen molar-refractivity contribution >= 4 is 22.4 Å². The molecule has 0 aliphatic carbocycles. The number of hydrogen-bond acceptors (Lipinski definition) is 5. The van der Waals surface area contributed by atoms with Crippen LogP contribution in [0.25, 0.3) is 11.0 Å². The summed E-state index contributed by atoms with van der Waals surface area (Å²) in [7, 11) is 0. The Hall–Kier alpha value is -1.85. The molecule has 23 heavy (non-hydrogen) atoms. The van der Waals surface area contributed by atoms with Gasteiger partial charge in [-0.3, -0.25) is 4.90 Å². The third-order valence-corrected chi connectivity index (χ3v) is 5.42. The number of aromatic nitrogens is 3. The smallest absolute Gasteiger partial charge is 0.110 e. The Bertz CT molecular complexity index is 800. The fourth-order valence-corrected chi connectivity index (χ4v) is 4.13. The average molecular weight is 324 g/mol. The average Bonchev–Trinajstić information content (AvgIpc) is 3.10. The number of para-hydroxylation sites is 2. The Labute approximate surface area is 140 Å². The fraction of sp³-hybridized carbons (Fsp3) is 0.389. The normalized spacial score (nSPS) is 19.3. The number of hydrogen-bond donors (Lipinski definition) is 0. The van der Waals surface area contributed by atoms with Crippen LogP contribution in [-0.4, -0.2) is 26.4 Å². The van der Waals surface area contributed by atoms with E-state index < -0.39 is 0 Å². The first-order chi connectivity index (χ1) is 11.3. The monoisotopic (exact) mass is 324 g/mol. The molecule has 0 spiro atoms. The Morgan fingerprint density at radius 2 is 2.00 bits per heavy atom. The van der Waals surface area contributed by atoms with Gasteiger partial charge in [-0.2, -0.15) is 0 Å². The maximum Gasteiger partial charge on any atom is 0.110 e. The van der Waals surface area contributed by atoms with Crippen LogP contribution in [0.1, 0.15) is 41.7 Å². The Balaban J connectivity index is 1.64. The van der Waals surface area contributed by atoms with Crippen molar-refractivity contribution in [3.8, 4) is 0 Å². The van der Waals surface area contributed by atoms with Crippen molar-refractivity contribution in [1.82, 2.24) is 19.9 Å². The zero-order valence-electron chi connectivity index (χ0n) is 13.3. The van der Waals surface area contributed by atoms with Crippen LogP contribution in [0.4, 0.5) is 0 Å². The summed E-state index contributed by atoms with van der Waals surface area (Å²) in [6.45, 7) is 4.03. The van der Waals surface area contributed by atoms with E-state index in [1.54, 1.807) is 11.3 Å². The summed E-state index contributed by atoms with van der Waals surface area (Å²) in [5.41, 5.74) is 4.08. The van der Waals surface area contributed by atoms with Gasteiger partial charge < -0.3 is 0 Å². The molecule has 1 aromatic carbocycles. The highest BCUT2D eigenvalue weighted by atomic mass is 32.1. The molecule has 4 rings (SSSR count). The van der Waals surface area contributed by atoms with E-state index in [0.717, 1.165) is 35.5 Å². The molecule has 118 valence electrons. The van der Waals surface area contributed by atoms with Crippen molar-refractivity contribution in [1.29, 1.82) is 0 Å². The van der Waals surface area contributed by atoms with Gasteiger partial charge in [0.25, 0.3) is 0 Å². The van der Waals surface area contributed by atoms with E-state index in [9.17, 15) is 0 Å². The molecule has 0 saturated carbocycles. The highest BCUT2D eigenvalue weighted by molar-refractivity contribution is 7.09. The van der Waals surface area contributed by atoms with E-state index in [4.69, 9.17) is 9.97 Å². The van der Waals surface area contributed by atoms with Gasteiger partial charge in [0.05, 0.1) is 28.5 Å². The molecular formula is C18H20N4S. The van der Waals surface area contributed by atoms with Crippen molar-refractivity contribution in [3.63, 3.8) is 0 Å². The number of rotatable bonds is 3. The van der Waals surface area contributed by atoms with Gasteiger partial charge in [0.1, 0.15) is 5.01 Å². The zero-order chi connectivity index (χ0) is 15.6. The maximum absolute atomic E-state index is 4.86. The summed E-state index contributed by atoms with van der Waals surface area (Å²) in [5, 5.41) is 3.31. The number of thiazole rings is 1. The van der Waals surface area contributed by atoms with E-state index in [2.05, 4.69) is 22.2 Å². The molecule has 1 aliphatic heterocycles. The molecule has 1 fully saturated rings. The lowest BCUT2D eigenvalue weighted by Crippen LogP contribution is -2.33. The van der Waals surface area contributed by atoms with Gasteiger partial charge in [-0.25, -0.2) is 15.0 Å². The molecule has 3 heterocycles. The first kappa shape index (κ1) is 14.7. The third-order valence-electron chi connectivity index (χ3n) is 4.55. The first-order valence-electron chi connectivity index (χ1n) is 8.17. The van der Waals surface area contributed by atoms with E-state index in [-0.39, 0.29) is 0 Å². The van der Waals surface area contributed by atoms with Gasteiger partial charge in [0.2, 0.25) is 0 Å². The minimum atomic E-state index is 0.427. The van der Waals surface area contributed by atoms with Crippen molar-refractivity contribution < 1.29 is 0 Å². The van der Waals surface area contributed by atoms with Gasteiger partial charge in [0, 0.05) is 18.1 Å². The quantitative estimate of drug-likeness (QED) is 0.727. The Kier molecular flexibility index (Phi) is 4.06. The van der Waals surface area contributed by atoms with Gasteiger partial charge in [0.15, 0.2) is 0 Å². The number of piperidine rings is 1. The topological polar surface area (TPSA) is 41.9 Å². The molecular weight excluding hydrogens is 304 g/mol. The molecule has 5 heteroatoms. The second-order valence-electron chi connectivity index (χ2n) is 6.10. The molecule has 0 radical (unpaired) electrons. The van der Waals surface area contributed by atoms with Gasteiger partial charge in [-0.05, 0) is 38.4 Å². The van der Waals surface area contributed by atoms with Crippen LogP contribution in [-0.2, 0) is 6.54 Å². The van der Waals surface area contributed by atoms with E-state index in [0.29, 0.717) is 6.04 Å². The molecule has 0 N–H and O–H groups in total. The van der Waals surface area contributed by atoms with Crippen molar-refractivity contribution in [2.45, 2.75) is 38.8 Å². The Morgan fingerprint density at radius 3 is 2.78 bits per heavy atom. The molecule has 0 bridgehead atoms. The number of benzene rings is 1. The number of aryl methyl sites for hydroxylation is 1. The highest BCUT2D eigenvalue weighted by Crippen LogP contribution is 2.33. The second kappa shape index (κ2) is 6.34. The number of nitrogens with zero attached hydrogens (tertiary/aromatic N) is 4. The lowest BCUT2D eigenvalue weighted by atomic mass is 10.0. The van der Waals surface area contributed by atoms with Crippen LogP contribution in [0.5, 0.6) is 0 Å². The summed E-state index contributed by atoms with van der Waals surface area (Å²) in [6.07, 6.45) is 5.63. The fourth-order valence-electron chi connectivity index (χ4n) is 3.33. The van der Waals surface area contributed by atoms with Crippen molar-refractivity contribution in [2.75, 3.05) is 6.54 Å². The van der Waals surface area contributed by atoms with Gasteiger partial charge in [-0.15, -0.1) is 11.3 Å². The van der Waals surface area contributed by atoms with E-state index in [1.165, 1.54) is 24.3 Å². The van der Waals surface area contributed by atoms with E-state index in [1.807, 2.05) is 30.5 Å². The number of fused-ring (bicyclic) bond motifs is 1. The van der Waals surface area contributed by atoms with Crippen LogP contribution < -0.4 is 0 Å². The Morgan fingerprint density at radius 1 is 1.17 bits per heavy atom. The lowest BCUT2D eigenvalue weighted by molar-refractivity contribution is 0.138. The van der Waals surface area contributed by atoms with Gasteiger partial charge >= 0.3 is 0 Å². The SMILES string of the molecule is Cc1nc2ccccc2nc1CN1CCCC[C@H]1c1nccs1. The minimum absolute atomic E-state index is 0.427. The second-order valence-corrected chi connectivity index (χ2v) is 7.02. The summed E-state index contributed by atoms with van der Waals surface area (Å²) >= 11 is 1.76. The first-order valence-corrected chi connectivity index (χ1v) is 9.05. The molecule has 1 aliphatic rings. The maximum atomic E-state index is 4.86. The standard InChI is InChI=1S/C18H20N4S/c1-13-16(21-15-7-3-2-6-14(15)20-13)12-22-10-5-4-8-17(22)18-19-9-11-23-18/h2-3,6-7,9,11,17H,4-5,8,10,12H2,1H3/t17-/m0/s1. The number of likely N-dealkylation sites (tertiary alicyclic amines) is 1. The third kappa shape index (κ3) is 2.99. The molecule has 1 saturated heterocycles. The highest BCUT2D eigenvalue weighted by Gasteiger charge is 2.26. The predicted octanol–water partition coefficient (Wildman–Crippen LogP) is 4.12. The van der Waals surface area contributed by atoms with Crippen molar-refractivity contribution in [3.05, 3.63) is 52.2 Å². The summed E-state index contributed by atoms with van der Waals surface area (Å²) in [6, 6.07) is 8.53. The molecule has 0 unspecified atom stereocenters. The predicted molar refractivity (Wildman–Crippen MR) is 93.4 cm³/mol. The largest absolute Gasteiger partial charge is 0.288 e. The molecule has 1 atom stereocenters. The summed E-state index contributed by atoms with van der Waals surface area (Å²) in [4.78, 5) is 16.7. The van der Waals surface area contributed by atoms with Crippen LogP contribution in [0.15, 0.2) is 35.8 Å². The molecule has 2 aromatic heterocycles.